The normalized spacial score (nSPS) is 15.3. The van der Waals surface area contributed by atoms with Crippen molar-refractivity contribution in [1.82, 2.24) is 10.2 Å². The summed E-state index contributed by atoms with van der Waals surface area (Å²) in [6.45, 7) is 2.88. The Bertz CT molecular complexity index is 552. The van der Waals surface area contributed by atoms with Crippen molar-refractivity contribution in [3.8, 4) is 6.07 Å². The summed E-state index contributed by atoms with van der Waals surface area (Å²) in [6, 6.07) is 9.34. The van der Waals surface area contributed by atoms with Gasteiger partial charge in [-0.1, -0.05) is 12.1 Å². The first-order chi connectivity index (χ1) is 10.1. The zero-order chi connectivity index (χ0) is 15.2. The number of nitriles is 1. The number of amides is 2. The smallest absolute Gasteiger partial charge is 0.226 e. The molecule has 21 heavy (non-hydrogen) atoms. The number of nitrogens with one attached hydrogen (secondary N) is 1. The molecule has 0 aliphatic carbocycles. The van der Waals surface area contributed by atoms with E-state index in [9.17, 15) is 9.59 Å². The molecule has 0 unspecified atom stereocenters. The molecule has 1 aliphatic rings. The van der Waals surface area contributed by atoms with Crippen LogP contribution in [0.5, 0.6) is 0 Å². The molecule has 5 nitrogen and oxygen atoms in total. The summed E-state index contributed by atoms with van der Waals surface area (Å²) in [5.74, 6) is 0.0818. The highest BCUT2D eigenvalue weighted by Gasteiger charge is 2.23. The molecule has 1 aromatic rings. The van der Waals surface area contributed by atoms with Gasteiger partial charge in [0, 0.05) is 26.1 Å². The Kier molecular flexibility index (Phi) is 4.94. The zero-order valence-corrected chi connectivity index (χ0v) is 12.1. The van der Waals surface area contributed by atoms with E-state index in [1.807, 2.05) is 17.0 Å². The van der Waals surface area contributed by atoms with Gasteiger partial charge >= 0.3 is 0 Å². The minimum atomic E-state index is -0.0163. The zero-order valence-electron chi connectivity index (χ0n) is 12.1. The Morgan fingerprint density at radius 2 is 1.90 bits per heavy atom. The van der Waals surface area contributed by atoms with Gasteiger partial charge in [-0.15, -0.1) is 0 Å². The van der Waals surface area contributed by atoms with Crippen LogP contribution in [0.3, 0.4) is 0 Å². The number of hydrogen-bond acceptors (Lipinski definition) is 3. The average Bonchev–Trinajstić information content (AvgIpc) is 2.48. The van der Waals surface area contributed by atoms with Gasteiger partial charge in [0.2, 0.25) is 11.8 Å². The van der Waals surface area contributed by atoms with Crippen molar-refractivity contribution in [3.05, 3.63) is 35.4 Å². The standard InChI is InChI=1S/C16H19N3O2/c1-12(20)18-15-6-8-19(9-7-15)16(21)10-13-2-4-14(11-17)5-3-13/h2-5,15H,6-10H2,1H3,(H,18,20). The lowest BCUT2D eigenvalue weighted by Crippen LogP contribution is -2.46. The number of likely N-dealkylation sites (tertiary alicyclic amines) is 1. The van der Waals surface area contributed by atoms with E-state index in [1.54, 1.807) is 12.1 Å². The SMILES string of the molecule is CC(=O)NC1CCN(C(=O)Cc2ccc(C#N)cc2)CC1. The summed E-state index contributed by atoms with van der Waals surface area (Å²) in [6.07, 6.45) is 1.97. The lowest BCUT2D eigenvalue weighted by molar-refractivity contribution is -0.131. The molecular weight excluding hydrogens is 266 g/mol. The van der Waals surface area contributed by atoms with Gasteiger partial charge in [0.25, 0.3) is 0 Å². The number of rotatable bonds is 3. The van der Waals surface area contributed by atoms with Crippen LogP contribution in [-0.4, -0.2) is 35.8 Å². The van der Waals surface area contributed by atoms with Crippen molar-refractivity contribution in [2.45, 2.75) is 32.2 Å². The number of carbonyl (C=O) groups excluding carboxylic acids is 2. The highest BCUT2D eigenvalue weighted by atomic mass is 16.2. The van der Waals surface area contributed by atoms with E-state index in [-0.39, 0.29) is 17.9 Å². The Morgan fingerprint density at radius 1 is 1.29 bits per heavy atom. The molecule has 1 aromatic carbocycles. The van der Waals surface area contributed by atoms with Crippen molar-refractivity contribution in [2.75, 3.05) is 13.1 Å². The van der Waals surface area contributed by atoms with Crippen LogP contribution in [0.25, 0.3) is 0 Å². The Morgan fingerprint density at radius 3 is 2.43 bits per heavy atom. The summed E-state index contributed by atoms with van der Waals surface area (Å²) in [5, 5.41) is 11.6. The van der Waals surface area contributed by atoms with E-state index in [4.69, 9.17) is 5.26 Å². The molecule has 0 atom stereocenters. The number of benzene rings is 1. The second-order valence-electron chi connectivity index (χ2n) is 5.34. The van der Waals surface area contributed by atoms with E-state index < -0.39 is 0 Å². The van der Waals surface area contributed by atoms with Crippen LogP contribution in [0.1, 0.15) is 30.9 Å². The molecular formula is C16H19N3O2. The third kappa shape index (κ3) is 4.32. The summed E-state index contributed by atoms with van der Waals surface area (Å²) < 4.78 is 0. The highest BCUT2D eigenvalue weighted by Crippen LogP contribution is 2.13. The third-order valence-corrected chi connectivity index (χ3v) is 3.69. The van der Waals surface area contributed by atoms with E-state index in [0.717, 1.165) is 18.4 Å². The average molecular weight is 285 g/mol. The quantitative estimate of drug-likeness (QED) is 0.907. The number of carbonyl (C=O) groups is 2. The molecule has 5 heteroatoms. The second-order valence-corrected chi connectivity index (χ2v) is 5.34. The van der Waals surface area contributed by atoms with Crippen LogP contribution >= 0.6 is 0 Å². The maximum absolute atomic E-state index is 12.2. The molecule has 1 heterocycles. The van der Waals surface area contributed by atoms with Gasteiger partial charge < -0.3 is 10.2 Å². The maximum Gasteiger partial charge on any atom is 0.226 e. The fourth-order valence-corrected chi connectivity index (χ4v) is 2.54. The van der Waals surface area contributed by atoms with Crippen LogP contribution in [0, 0.1) is 11.3 Å². The van der Waals surface area contributed by atoms with Crippen molar-refractivity contribution in [1.29, 1.82) is 5.26 Å². The first-order valence-electron chi connectivity index (χ1n) is 7.12. The van der Waals surface area contributed by atoms with Crippen LogP contribution in [0.2, 0.25) is 0 Å². The van der Waals surface area contributed by atoms with Crippen molar-refractivity contribution in [3.63, 3.8) is 0 Å². The van der Waals surface area contributed by atoms with Crippen molar-refractivity contribution in [2.24, 2.45) is 0 Å². The van der Waals surface area contributed by atoms with Gasteiger partial charge in [0.05, 0.1) is 18.1 Å². The van der Waals surface area contributed by atoms with Gasteiger partial charge in [0.15, 0.2) is 0 Å². The van der Waals surface area contributed by atoms with Crippen molar-refractivity contribution < 1.29 is 9.59 Å². The molecule has 1 N–H and O–H groups in total. The summed E-state index contributed by atoms with van der Waals surface area (Å²) in [7, 11) is 0. The second kappa shape index (κ2) is 6.89. The minimum Gasteiger partial charge on any atom is -0.353 e. The van der Waals surface area contributed by atoms with Gasteiger partial charge in [-0.25, -0.2) is 0 Å². The van der Waals surface area contributed by atoms with Gasteiger partial charge in [-0.2, -0.15) is 5.26 Å². The molecule has 1 aliphatic heterocycles. The predicted octanol–water partition coefficient (Wildman–Crippen LogP) is 1.23. The maximum atomic E-state index is 12.2. The minimum absolute atomic E-state index is 0.0163. The lowest BCUT2D eigenvalue weighted by Gasteiger charge is -2.32. The van der Waals surface area contributed by atoms with Gasteiger partial charge in [-0.05, 0) is 30.5 Å². The largest absolute Gasteiger partial charge is 0.353 e. The Hall–Kier alpha value is -2.35. The molecule has 0 aromatic heterocycles. The Balaban J connectivity index is 1.84. The highest BCUT2D eigenvalue weighted by molar-refractivity contribution is 5.79. The fraction of sp³-hybridized carbons (Fsp3) is 0.438. The number of piperidine rings is 1. The fourth-order valence-electron chi connectivity index (χ4n) is 2.54. The predicted molar refractivity (Wildman–Crippen MR) is 78.3 cm³/mol. The summed E-state index contributed by atoms with van der Waals surface area (Å²) in [5.41, 5.74) is 1.52. The topological polar surface area (TPSA) is 73.2 Å². The van der Waals surface area contributed by atoms with E-state index in [2.05, 4.69) is 11.4 Å². The van der Waals surface area contributed by atoms with E-state index in [1.165, 1.54) is 6.92 Å². The van der Waals surface area contributed by atoms with E-state index >= 15 is 0 Å². The molecule has 0 spiro atoms. The van der Waals surface area contributed by atoms with Crippen LogP contribution in [-0.2, 0) is 16.0 Å². The number of hydrogen-bond donors (Lipinski definition) is 1. The third-order valence-electron chi connectivity index (χ3n) is 3.69. The van der Waals surface area contributed by atoms with Crippen molar-refractivity contribution >= 4 is 11.8 Å². The molecule has 2 amide bonds. The first-order valence-corrected chi connectivity index (χ1v) is 7.12. The lowest BCUT2D eigenvalue weighted by atomic mass is 10.0. The molecule has 110 valence electrons. The van der Waals surface area contributed by atoms with Crippen LogP contribution in [0.15, 0.2) is 24.3 Å². The number of nitrogens with zero attached hydrogens (tertiary/aromatic N) is 2. The first kappa shape index (κ1) is 15.0. The monoisotopic (exact) mass is 285 g/mol. The van der Waals surface area contributed by atoms with Gasteiger partial charge in [0.1, 0.15) is 0 Å². The molecule has 0 saturated carbocycles. The van der Waals surface area contributed by atoms with Crippen LogP contribution < -0.4 is 5.32 Å². The summed E-state index contributed by atoms with van der Waals surface area (Å²) >= 11 is 0. The van der Waals surface area contributed by atoms with E-state index in [0.29, 0.717) is 25.1 Å². The molecule has 1 fully saturated rings. The summed E-state index contributed by atoms with van der Waals surface area (Å²) in [4.78, 5) is 25.1. The molecule has 2 rings (SSSR count). The van der Waals surface area contributed by atoms with Gasteiger partial charge in [-0.3, -0.25) is 9.59 Å². The molecule has 0 radical (unpaired) electrons. The molecule has 0 bridgehead atoms. The Labute approximate surface area is 124 Å². The van der Waals surface area contributed by atoms with Crippen LogP contribution in [0.4, 0.5) is 0 Å². The molecule has 1 saturated heterocycles.